The highest BCUT2D eigenvalue weighted by atomic mass is 127. The minimum atomic E-state index is -0.0698. The van der Waals surface area contributed by atoms with Crippen molar-refractivity contribution in [1.82, 2.24) is 15.3 Å². The average molecular weight is 368 g/mol. The van der Waals surface area contributed by atoms with Gasteiger partial charge < -0.3 is 10.6 Å². The predicted octanol–water partition coefficient (Wildman–Crippen LogP) is 1.92. The van der Waals surface area contributed by atoms with Gasteiger partial charge in [0.1, 0.15) is 5.82 Å². The molecule has 0 unspecified atom stereocenters. The quantitative estimate of drug-likeness (QED) is 0.481. The van der Waals surface area contributed by atoms with Crippen LogP contribution in [0, 0.1) is 3.83 Å². The highest BCUT2D eigenvalue weighted by Crippen LogP contribution is 2.03. The molecule has 0 radical (unpaired) electrons. The van der Waals surface area contributed by atoms with Gasteiger partial charge in [-0.15, -0.1) is 0 Å². The summed E-state index contributed by atoms with van der Waals surface area (Å²) in [5.41, 5.74) is 0.666. The number of benzene rings is 1. The third-order valence-corrected chi connectivity index (χ3v) is 2.90. The summed E-state index contributed by atoms with van der Waals surface area (Å²) in [6, 6.07) is 10.9. The van der Waals surface area contributed by atoms with Crippen LogP contribution in [0.3, 0.4) is 0 Å². The number of hydrogen-bond acceptors (Lipinski definition) is 4. The third kappa shape index (κ3) is 4.47. The van der Waals surface area contributed by atoms with Crippen LogP contribution in [-0.2, 0) is 0 Å². The molecule has 0 aliphatic heterocycles. The van der Waals surface area contributed by atoms with E-state index in [-0.39, 0.29) is 5.91 Å². The number of hydrogen-bond donors (Lipinski definition) is 2. The van der Waals surface area contributed by atoms with E-state index in [0.717, 1.165) is 5.82 Å². The molecule has 2 aromatic rings. The molecule has 1 aromatic heterocycles. The lowest BCUT2D eigenvalue weighted by Crippen LogP contribution is -2.28. The van der Waals surface area contributed by atoms with Crippen molar-refractivity contribution in [2.45, 2.75) is 0 Å². The van der Waals surface area contributed by atoms with E-state index in [1.807, 2.05) is 18.2 Å². The number of nitrogens with one attached hydrogen (secondary N) is 2. The van der Waals surface area contributed by atoms with Crippen LogP contribution in [0.15, 0.2) is 42.6 Å². The maximum atomic E-state index is 11.7. The standard InChI is InChI=1S/C13H13IN4O/c14-13-17-7-6-11(18-13)15-8-9-16-12(19)10-4-2-1-3-5-10/h1-7H,8-9H2,(H,16,19)(H,15,17,18). The van der Waals surface area contributed by atoms with Crippen LogP contribution in [0.2, 0.25) is 0 Å². The Labute approximate surface area is 125 Å². The van der Waals surface area contributed by atoms with Gasteiger partial charge >= 0.3 is 0 Å². The van der Waals surface area contributed by atoms with Gasteiger partial charge in [0.05, 0.1) is 0 Å². The summed E-state index contributed by atoms with van der Waals surface area (Å²) in [4.78, 5) is 19.9. The van der Waals surface area contributed by atoms with Crippen LogP contribution in [0.25, 0.3) is 0 Å². The minimum Gasteiger partial charge on any atom is -0.368 e. The van der Waals surface area contributed by atoms with Crippen molar-refractivity contribution in [3.63, 3.8) is 0 Å². The van der Waals surface area contributed by atoms with Crippen LogP contribution in [0.5, 0.6) is 0 Å². The number of anilines is 1. The van der Waals surface area contributed by atoms with E-state index < -0.39 is 0 Å². The van der Waals surface area contributed by atoms with Crippen molar-refractivity contribution in [3.05, 3.63) is 52.0 Å². The Morgan fingerprint density at radius 2 is 1.95 bits per heavy atom. The molecule has 0 aliphatic rings. The predicted molar refractivity (Wildman–Crippen MR) is 82.0 cm³/mol. The van der Waals surface area contributed by atoms with Gasteiger partial charge in [0.15, 0.2) is 3.83 Å². The smallest absolute Gasteiger partial charge is 0.251 e. The summed E-state index contributed by atoms with van der Waals surface area (Å²) in [5.74, 6) is 0.688. The zero-order valence-electron chi connectivity index (χ0n) is 10.1. The van der Waals surface area contributed by atoms with Crippen molar-refractivity contribution < 1.29 is 4.79 Å². The maximum absolute atomic E-state index is 11.7. The van der Waals surface area contributed by atoms with Crippen molar-refractivity contribution in [2.24, 2.45) is 0 Å². The number of halogens is 1. The lowest BCUT2D eigenvalue weighted by molar-refractivity contribution is 0.0955. The topological polar surface area (TPSA) is 66.9 Å². The van der Waals surface area contributed by atoms with Crippen LogP contribution >= 0.6 is 22.6 Å². The first-order chi connectivity index (χ1) is 9.25. The molecule has 2 N–H and O–H groups in total. The van der Waals surface area contributed by atoms with E-state index in [4.69, 9.17) is 0 Å². The van der Waals surface area contributed by atoms with Gasteiger partial charge in [-0.2, -0.15) is 0 Å². The molecule has 0 aliphatic carbocycles. The summed E-state index contributed by atoms with van der Waals surface area (Å²) >= 11 is 2.05. The molecule has 6 heteroatoms. The van der Waals surface area contributed by atoms with Crippen LogP contribution < -0.4 is 10.6 Å². The number of rotatable bonds is 5. The Bertz CT molecular complexity index is 547. The van der Waals surface area contributed by atoms with Crippen molar-refractivity contribution in [1.29, 1.82) is 0 Å². The highest BCUT2D eigenvalue weighted by molar-refractivity contribution is 14.1. The lowest BCUT2D eigenvalue weighted by atomic mass is 10.2. The molecular weight excluding hydrogens is 355 g/mol. The molecular formula is C13H13IN4O. The van der Waals surface area contributed by atoms with Gasteiger partial charge in [-0.3, -0.25) is 4.79 Å². The minimum absolute atomic E-state index is 0.0698. The molecule has 0 saturated heterocycles. The molecule has 2 rings (SSSR count). The molecule has 98 valence electrons. The fourth-order valence-corrected chi connectivity index (χ4v) is 1.91. The van der Waals surface area contributed by atoms with E-state index in [2.05, 4.69) is 43.2 Å². The van der Waals surface area contributed by atoms with E-state index in [1.165, 1.54) is 0 Å². The lowest BCUT2D eigenvalue weighted by Gasteiger charge is -2.07. The first-order valence-electron chi connectivity index (χ1n) is 5.81. The zero-order chi connectivity index (χ0) is 13.5. The summed E-state index contributed by atoms with van der Waals surface area (Å²) in [7, 11) is 0. The second-order valence-electron chi connectivity index (χ2n) is 3.76. The molecule has 0 saturated carbocycles. The molecule has 0 spiro atoms. The second-order valence-corrected chi connectivity index (χ2v) is 4.72. The van der Waals surface area contributed by atoms with Crippen LogP contribution in [-0.4, -0.2) is 29.0 Å². The van der Waals surface area contributed by atoms with Gasteiger partial charge in [-0.25, -0.2) is 9.97 Å². The van der Waals surface area contributed by atoms with Gasteiger partial charge in [0.2, 0.25) is 0 Å². The fraction of sp³-hybridized carbons (Fsp3) is 0.154. The molecule has 0 atom stereocenters. The van der Waals surface area contributed by atoms with E-state index >= 15 is 0 Å². The Kier molecular flexibility index (Phi) is 5.08. The molecule has 0 bridgehead atoms. The van der Waals surface area contributed by atoms with Crippen molar-refractivity contribution >= 4 is 34.3 Å². The van der Waals surface area contributed by atoms with Crippen LogP contribution in [0.1, 0.15) is 10.4 Å². The monoisotopic (exact) mass is 368 g/mol. The van der Waals surface area contributed by atoms with Gasteiger partial charge in [0.25, 0.3) is 5.91 Å². The van der Waals surface area contributed by atoms with Gasteiger partial charge in [-0.1, -0.05) is 18.2 Å². The number of nitrogens with zero attached hydrogens (tertiary/aromatic N) is 2. The number of carbonyl (C=O) groups excluding carboxylic acids is 1. The van der Waals surface area contributed by atoms with E-state index in [9.17, 15) is 4.79 Å². The molecule has 1 aromatic carbocycles. The third-order valence-electron chi connectivity index (χ3n) is 2.38. The molecule has 5 nitrogen and oxygen atoms in total. The average Bonchev–Trinajstić information content (AvgIpc) is 2.44. The summed E-state index contributed by atoms with van der Waals surface area (Å²) in [5, 5.41) is 5.96. The SMILES string of the molecule is O=C(NCCNc1ccnc(I)n1)c1ccccc1. The maximum Gasteiger partial charge on any atom is 0.251 e. The fourth-order valence-electron chi connectivity index (χ4n) is 1.49. The Balaban J connectivity index is 1.74. The number of carbonyl (C=O) groups is 1. The summed E-state index contributed by atoms with van der Waals surface area (Å²) in [6.07, 6.45) is 1.69. The van der Waals surface area contributed by atoms with Crippen molar-refractivity contribution in [2.75, 3.05) is 18.4 Å². The van der Waals surface area contributed by atoms with Gasteiger partial charge in [-0.05, 0) is 18.2 Å². The van der Waals surface area contributed by atoms with Gasteiger partial charge in [0, 0.05) is 47.4 Å². The highest BCUT2D eigenvalue weighted by Gasteiger charge is 2.02. The Morgan fingerprint density at radius 3 is 2.68 bits per heavy atom. The van der Waals surface area contributed by atoms with Crippen LogP contribution in [0.4, 0.5) is 5.82 Å². The van der Waals surface area contributed by atoms with E-state index in [0.29, 0.717) is 22.5 Å². The zero-order valence-corrected chi connectivity index (χ0v) is 12.3. The second kappa shape index (κ2) is 7.03. The van der Waals surface area contributed by atoms with E-state index in [1.54, 1.807) is 24.4 Å². The summed E-state index contributed by atoms with van der Waals surface area (Å²) < 4.78 is 0.691. The first-order valence-corrected chi connectivity index (χ1v) is 6.89. The number of aromatic nitrogens is 2. The Hall–Kier alpha value is -1.70. The molecule has 19 heavy (non-hydrogen) atoms. The normalized spacial score (nSPS) is 9.95. The molecule has 1 amide bonds. The molecule has 1 heterocycles. The van der Waals surface area contributed by atoms with Crippen molar-refractivity contribution in [3.8, 4) is 0 Å². The Morgan fingerprint density at radius 1 is 1.16 bits per heavy atom. The number of amides is 1. The summed E-state index contributed by atoms with van der Waals surface area (Å²) in [6.45, 7) is 1.15. The first kappa shape index (κ1) is 13.7. The molecule has 0 fully saturated rings. The largest absolute Gasteiger partial charge is 0.368 e.